The van der Waals surface area contributed by atoms with Gasteiger partial charge in [-0.05, 0) is 19.1 Å². The van der Waals surface area contributed by atoms with Gasteiger partial charge in [-0.3, -0.25) is 10.00 Å². The molecule has 0 saturated heterocycles. The molecule has 0 bridgehead atoms. The number of para-hydroxylation sites is 1. The average molecular weight is 245 g/mol. The third-order valence-electron chi connectivity index (χ3n) is 2.53. The smallest absolute Gasteiger partial charge is 0.324 e. The number of hydrogen-bond acceptors (Lipinski definition) is 3. The molecule has 0 spiro atoms. The van der Waals surface area contributed by atoms with E-state index in [0.717, 1.165) is 0 Å². The monoisotopic (exact) mass is 245 g/mol. The first-order chi connectivity index (χ1) is 8.58. The van der Waals surface area contributed by atoms with Crippen LogP contribution in [0.4, 0.5) is 22.0 Å². The highest BCUT2D eigenvalue weighted by atomic mass is 16.2. The van der Waals surface area contributed by atoms with Crippen molar-refractivity contribution in [2.24, 2.45) is 7.05 Å². The molecule has 6 nitrogen and oxygen atoms in total. The predicted molar refractivity (Wildman–Crippen MR) is 71.4 cm³/mol. The highest BCUT2D eigenvalue weighted by molar-refractivity contribution is 6.00. The molecule has 1 heterocycles. The molecule has 1 aromatic carbocycles. The number of aromatic nitrogens is 2. The fourth-order valence-corrected chi connectivity index (χ4v) is 1.61. The van der Waals surface area contributed by atoms with Gasteiger partial charge in [0, 0.05) is 12.7 Å². The Balaban J connectivity index is 2.08. The predicted octanol–water partition coefficient (Wildman–Crippen LogP) is 1.95. The summed E-state index contributed by atoms with van der Waals surface area (Å²) in [5, 5.41) is 9.50. The minimum atomic E-state index is -0.351. The van der Waals surface area contributed by atoms with Gasteiger partial charge in [-0.2, -0.15) is 5.10 Å². The molecule has 0 atom stereocenters. The van der Waals surface area contributed by atoms with Crippen LogP contribution in [0.2, 0.25) is 0 Å². The summed E-state index contributed by atoms with van der Waals surface area (Å²) in [6.07, 6.45) is 0. The van der Waals surface area contributed by atoms with E-state index in [2.05, 4.69) is 15.7 Å². The summed E-state index contributed by atoms with van der Waals surface area (Å²) < 4.78 is 1.54. The number of anilines is 3. The number of carbonyl (C=O) groups excluding carboxylic acids is 1. The van der Waals surface area contributed by atoms with E-state index in [0.29, 0.717) is 22.9 Å². The van der Waals surface area contributed by atoms with E-state index in [9.17, 15) is 4.79 Å². The van der Waals surface area contributed by atoms with Crippen molar-refractivity contribution in [3.8, 4) is 0 Å². The second-order valence-electron chi connectivity index (χ2n) is 3.92. The minimum Gasteiger partial charge on any atom is -0.394 e. The van der Waals surface area contributed by atoms with Crippen molar-refractivity contribution in [1.82, 2.24) is 9.78 Å². The van der Waals surface area contributed by atoms with E-state index in [4.69, 9.17) is 5.73 Å². The molecule has 2 rings (SSSR count). The largest absolute Gasteiger partial charge is 0.394 e. The van der Waals surface area contributed by atoms with Crippen molar-refractivity contribution in [3.63, 3.8) is 0 Å². The number of rotatable bonds is 2. The quantitative estimate of drug-likeness (QED) is 0.756. The molecular weight excluding hydrogens is 230 g/mol. The van der Waals surface area contributed by atoms with Gasteiger partial charge in [0.25, 0.3) is 0 Å². The molecule has 2 aromatic rings. The Hall–Kier alpha value is -2.50. The van der Waals surface area contributed by atoms with E-state index in [1.165, 1.54) is 4.68 Å². The normalized spacial score (nSPS) is 10.1. The van der Waals surface area contributed by atoms with Crippen LogP contribution in [-0.2, 0) is 7.05 Å². The number of aryl methyl sites for hydroxylation is 2. The SMILES string of the molecule is Cc1nn(C)c(NC(=O)Nc2ccccc2)c1N. The van der Waals surface area contributed by atoms with Crippen molar-refractivity contribution >= 4 is 23.2 Å². The zero-order valence-corrected chi connectivity index (χ0v) is 10.3. The number of urea groups is 1. The Morgan fingerprint density at radius 2 is 1.94 bits per heavy atom. The maximum atomic E-state index is 11.8. The molecule has 0 saturated carbocycles. The van der Waals surface area contributed by atoms with Crippen molar-refractivity contribution in [1.29, 1.82) is 0 Å². The second-order valence-corrected chi connectivity index (χ2v) is 3.92. The highest BCUT2D eigenvalue weighted by Crippen LogP contribution is 2.20. The van der Waals surface area contributed by atoms with Gasteiger partial charge in [0.1, 0.15) is 0 Å². The lowest BCUT2D eigenvalue weighted by Crippen LogP contribution is -2.21. The molecule has 94 valence electrons. The van der Waals surface area contributed by atoms with E-state index in [1.54, 1.807) is 26.1 Å². The van der Waals surface area contributed by atoms with Gasteiger partial charge in [0.05, 0.1) is 11.4 Å². The van der Waals surface area contributed by atoms with Gasteiger partial charge in [-0.1, -0.05) is 18.2 Å². The first-order valence-electron chi connectivity index (χ1n) is 5.50. The summed E-state index contributed by atoms with van der Waals surface area (Å²) in [6.45, 7) is 1.79. The molecule has 6 heteroatoms. The number of nitrogens with two attached hydrogens (primary N) is 1. The van der Waals surface area contributed by atoms with Crippen LogP contribution in [0.15, 0.2) is 30.3 Å². The van der Waals surface area contributed by atoms with Crippen LogP contribution < -0.4 is 16.4 Å². The molecule has 2 amide bonds. The fourth-order valence-electron chi connectivity index (χ4n) is 1.61. The van der Waals surface area contributed by atoms with Crippen molar-refractivity contribution in [3.05, 3.63) is 36.0 Å². The lowest BCUT2D eigenvalue weighted by molar-refractivity contribution is 0.262. The number of benzene rings is 1. The van der Waals surface area contributed by atoms with Crippen molar-refractivity contribution < 1.29 is 4.79 Å². The van der Waals surface area contributed by atoms with Gasteiger partial charge in [0.15, 0.2) is 5.82 Å². The molecule has 0 radical (unpaired) electrons. The van der Waals surface area contributed by atoms with Crippen LogP contribution in [0.25, 0.3) is 0 Å². The molecule has 18 heavy (non-hydrogen) atoms. The fraction of sp³-hybridized carbons (Fsp3) is 0.167. The third-order valence-corrected chi connectivity index (χ3v) is 2.53. The summed E-state index contributed by atoms with van der Waals surface area (Å²) in [5.74, 6) is 0.487. The Labute approximate surface area is 105 Å². The summed E-state index contributed by atoms with van der Waals surface area (Å²) >= 11 is 0. The number of hydrogen-bond donors (Lipinski definition) is 3. The topological polar surface area (TPSA) is 85.0 Å². The number of nitrogens with one attached hydrogen (secondary N) is 2. The van der Waals surface area contributed by atoms with Crippen LogP contribution in [-0.4, -0.2) is 15.8 Å². The maximum absolute atomic E-state index is 11.8. The number of nitrogen functional groups attached to an aromatic ring is 1. The van der Waals surface area contributed by atoms with E-state index in [-0.39, 0.29) is 6.03 Å². The van der Waals surface area contributed by atoms with Crippen LogP contribution in [0.3, 0.4) is 0 Å². The minimum absolute atomic E-state index is 0.351. The molecule has 0 unspecified atom stereocenters. The van der Waals surface area contributed by atoms with Gasteiger partial charge in [0.2, 0.25) is 0 Å². The summed E-state index contributed by atoms with van der Waals surface area (Å²) in [6, 6.07) is 8.83. The Kier molecular flexibility index (Phi) is 3.18. The van der Waals surface area contributed by atoms with Gasteiger partial charge in [-0.15, -0.1) is 0 Å². The lowest BCUT2D eigenvalue weighted by atomic mass is 10.3. The van der Waals surface area contributed by atoms with Crippen LogP contribution in [0.1, 0.15) is 5.69 Å². The van der Waals surface area contributed by atoms with Crippen molar-refractivity contribution in [2.75, 3.05) is 16.4 Å². The molecule has 1 aromatic heterocycles. The molecule has 0 fully saturated rings. The zero-order valence-electron chi connectivity index (χ0n) is 10.3. The van der Waals surface area contributed by atoms with Gasteiger partial charge in [-0.25, -0.2) is 4.79 Å². The maximum Gasteiger partial charge on any atom is 0.324 e. The van der Waals surface area contributed by atoms with E-state index >= 15 is 0 Å². The first kappa shape index (κ1) is 12.0. The summed E-state index contributed by atoms with van der Waals surface area (Å²) in [4.78, 5) is 11.8. The Morgan fingerprint density at radius 1 is 1.28 bits per heavy atom. The zero-order chi connectivity index (χ0) is 13.1. The van der Waals surface area contributed by atoms with E-state index in [1.807, 2.05) is 18.2 Å². The van der Waals surface area contributed by atoms with Gasteiger partial charge >= 0.3 is 6.03 Å². The number of nitrogens with zero attached hydrogens (tertiary/aromatic N) is 2. The Bertz CT molecular complexity index is 561. The third kappa shape index (κ3) is 2.42. The van der Waals surface area contributed by atoms with Crippen LogP contribution in [0.5, 0.6) is 0 Å². The number of amides is 2. The molecule has 4 N–H and O–H groups in total. The van der Waals surface area contributed by atoms with Crippen LogP contribution in [0, 0.1) is 6.92 Å². The second kappa shape index (κ2) is 4.79. The summed E-state index contributed by atoms with van der Waals surface area (Å²) in [5.41, 5.74) is 7.69. The van der Waals surface area contributed by atoms with Gasteiger partial charge < -0.3 is 11.1 Å². The van der Waals surface area contributed by atoms with E-state index < -0.39 is 0 Å². The average Bonchev–Trinajstić information content (AvgIpc) is 2.57. The molecule has 0 aliphatic heterocycles. The summed E-state index contributed by atoms with van der Waals surface area (Å²) in [7, 11) is 1.72. The molecule has 0 aliphatic rings. The molecule has 0 aliphatic carbocycles. The standard InChI is InChI=1S/C12H15N5O/c1-8-10(13)11(17(2)16-8)15-12(18)14-9-6-4-3-5-7-9/h3-7H,13H2,1-2H3,(H2,14,15,18). The van der Waals surface area contributed by atoms with Crippen molar-refractivity contribution in [2.45, 2.75) is 6.92 Å². The van der Waals surface area contributed by atoms with Crippen LogP contribution >= 0.6 is 0 Å². The first-order valence-corrected chi connectivity index (χ1v) is 5.50. The Morgan fingerprint density at radius 3 is 2.50 bits per heavy atom. The lowest BCUT2D eigenvalue weighted by Gasteiger charge is -2.08. The molecular formula is C12H15N5O. The number of carbonyl (C=O) groups is 1. The highest BCUT2D eigenvalue weighted by Gasteiger charge is 2.12.